The molecule has 3 fully saturated rings. The number of fused-ring (bicyclic) bond motifs is 5. The molecule has 0 bridgehead atoms. The molecule has 7 atom stereocenters. The number of hydrogen-bond donors (Lipinski definition) is 7. The SMILES string of the molecule is CCNCOc1cc(OCCNC)c2c3c1[C@@H](O)Nc1cc4c(c(c1-3)CC2)[C@@H](O)[C@H](c1cc(OC)c(O)c(OC[C@H](CO)[C@@]23CCC5(CCCC5)[C@@H](C5(N6C(=O)C=CC6=O)CCCCC5)[C@@H]2C=Cc2ccccc23)c1)CO4. The van der Waals surface area contributed by atoms with E-state index in [1.54, 1.807) is 17.0 Å². The molecule has 7 N–H and O–H groups in total. The molecule has 3 heterocycles. The fourth-order valence-corrected chi connectivity index (χ4v) is 16.2. The summed E-state index contributed by atoms with van der Waals surface area (Å²) in [5.41, 5.74) is 6.96. The Bertz CT molecular complexity index is 3000. The van der Waals surface area contributed by atoms with E-state index in [0.29, 0.717) is 72.2 Å². The number of amides is 2. The predicted octanol–water partition coefficient (Wildman–Crippen LogP) is 8.50. The zero-order valence-electron chi connectivity index (χ0n) is 44.6. The fraction of sp³-hybridized carbons (Fsp3) is 0.516. The molecule has 15 nitrogen and oxygen atoms in total. The minimum atomic E-state index is -1.08. The number of anilines is 1. The number of aliphatic hydroxyl groups excluding tert-OH is 3. The van der Waals surface area contributed by atoms with E-state index in [1.807, 2.05) is 32.2 Å². The average molecular weight is 1050 g/mol. The molecule has 0 radical (unpaired) electrons. The van der Waals surface area contributed by atoms with E-state index in [1.165, 1.54) is 19.3 Å². The first-order valence-electron chi connectivity index (χ1n) is 28.3. The zero-order valence-corrected chi connectivity index (χ0v) is 44.6. The first kappa shape index (κ1) is 51.6. The van der Waals surface area contributed by atoms with Gasteiger partial charge in [0.05, 0.1) is 44.1 Å². The monoisotopic (exact) mass is 1050 g/mol. The van der Waals surface area contributed by atoms with Crippen LogP contribution < -0.4 is 39.6 Å². The number of benzene rings is 4. The highest BCUT2D eigenvalue weighted by molar-refractivity contribution is 6.13. The fourth-order valence-electron chi connectivity index (χ4n) is 16.2. The Morgan fingerprint density at radius 2 is 1.58 bits per heavy atom. The van der Waals surface area contributed by atoms with Crippen LogP contribution in [0.5, 0.6) is 34.5 Å². The lowest BCUT2D eigenvalue weighted by molar-refractivity contribution is -0.164. The molecule has 3 saturated carbocycles. The number of carbonyl (C=O) groups is 2. The molecule has 4 aromatic rings. The third-order valence-electron chi connectivity index (χ3n) is 19.4. The Balaban J connectivity index is 0.903. The van der Waals surface area contributed by atoms with E-state index in [0.717, 1.165) is 104 Å². The van der Waals surface area contributed by atoms with Crippen LogP contribution in [-0.2, 0) is 27.8 Å². The standard InChI is InChI=1S/C62H74N4O11/c1-4-64-35-77-47-31-45(74-27-26-63-2)39-15-16-40-52-44(65-59(72)55(47)54(39)52)30-46-53(40)56(70)41(34-76-46)37-28-48(73-3)57(71)49(29-37)75-33-38(32-67)62-25-24-60(20-10-11-21-60)58(43(62)17-14-36-12-6-7-13-42(36)62)61(22-8-5-9-23-61)66-50(68)18-19-51(66)69/h6-7,12-14,17-19,28-31,38,41,43,56,58-59,63-65,67,70-72H,4-5,8-11,15-16,20-27,32-35H2,1-3H3/t38-,41-,43-,56-,58-,59+,62+/m0/s1. The highest BCUT2D eigenvalue weighted by Gasteiger charge is 2.67. The van der Waals surface area contributed by atoms with Gasteiger partial charge < -0.3 is 54.7 Å². The molecule has 5 aliphatic carbocycles. The van der Waals surface area contributed by atoms with Crippen LogP contribution >= 0.6 is 0 Å². The van der Waals surface area contributed by atoms with Gasteiger partial charge in [0.25, 0.3) is 11.8 Å². The molecule has 12 rings (SSSR count). The summed E-state index contributed by atoms with van der Waals surface area (Å²) in [6.45, 7) is 3.95. The van der Waals surface area contributed by atoms with Crippen molar-refractivity contribution in [1.82, 2.24) is 15.5 Å². The van der Waals surface area contributed by atoms with Gasteiger partial charge >= 0.3 is 0 Å². The van der Waals surface area contributed by atoms with Crippen LogP contribution in [0.1, 0.15) is 135 Å². The molecule has 2 amide bonds. The van der Waals surface area contributed by atoms with E-state index >= 15 is 0 Å². The second-order valence-electron chi connectivity index (χ2n) is 22.9. The largest absolute Gasteiger partial charge is 0.502 e. The quantitative estimate of drug-likeness (QED) is 0.0302. The number of imide groups is 1. The van der Waals surface area contributed by atoms with Gasteiger partial charge in [0.15, 0.2) is 17.7 Å². The molecule has 0 aromatic heterocycles. The molecule has 408 valence electrons. The average Bonchev–Trinajstić information content (AvgIpc) is 4.19. The Labute approximate surface area is 451 Å². The summed E-state index contributed by atoms with van der Waals surface area (Å²) < 4.78 is 32.0. The number of nitrogens with zero attached hydrogens (tertiary/aromatic N) is 1. The Hall–Kier alpha value is -6.10. The van der Waals surface area contributed by atoms with Gasteiger partial charge in [0.2, 0.25) is 5.75 Å². The van der Waals surface area contributed by atoms with Crippen LogP contribution in [0, 0.1) is 23.2 Å². The number of rotatable bonds is 17. The van der Waals surface area contributed by atoms with E-state index in [2.05, 4.69) is 46.3 Å². The van der Waals surface area contributed by atoms with E-state index in [-0.39, 0.29) is 72.9 Å². The van der Waals surface area contributed by atoms with Crippen LogP contribution in [0.15, 0.2) is 66.8 Å². The summed E-state index contributed by atoms with van der Waals surface area (Å²) in [4.78, 5) is 29.7. The lowest BCUT2D eigenvalue weighted by Crippen LogP contribution is -2.68. The summed E-state index contributed by atoms with van der Waals surface area (Å²) in [6, 6.07) is 15.7. The number of phenols is 1. The maximum Gasteiger partial charge on any atom is 0.254 e. The number of nitrogens with one attached hydrogen (secondary N) is 3. The number of ether oxygens (including phenoxy) is 5. The lowest BCUT2D eigenvalue weighted by Gasteiger charge is -2.65. The molecule has 1 spiro atoms. The van der Waals surface area contributed by atoms with Crippen molar-refractivity contribution in [3.63, 3.8) is 0 Å². The van der Waals surface area contributed by atoms with Crippen LogP contribution in [0.25, 0.3) is 17.2 Å². The molecule has 77 heavy (non-hydrogen) atoms. The topological polar surface area (TPSA) is 201 Å². The first-order valence-corrected chi connectivity index (χ1v) is 28.3. The van der Waals surface area contributed by atoms with Gasteiger partial charge in [0, 0.05) is 76.0 Å². The van der Waals surface area contributed by atoms with Gasteiger partial charge in [-0.05, 0) is 117 Å². The number of carbonyl (C=O) groups excluding carboxylic acids is 2. The van der Waals surface area contributed by atoms with Crippen LogP contribution in [-0.4, -0.2) is 103 Å². The van der Waals surface area contributed by atoms with E-state index in [4.69, 9.17) is 23.7 Å². The maximum atomic E-state index is 14.0. The molecule has 15 heteroatoms. The van der Waals surface area contributed by atoms with Crippen molar-refractivity contribution in [3.05, 3.63) is 106 Å². The third-order valence-corrected chi connectivity index (χ3v) is 19.4. The molecule has 0 saturated heterocycles. The van der Waals surface area contributed by atoms with Gasteiger partial charge in [-0.2, -0.15) is 0 Å². The molecular weight excluding hydrogens is 977 g/mol. The summed E-state index contributed by atoms with van der Waals surface area (Å²) in [5, 5.41) is 58.1. The molecule has 3 aliphatic heterocycles. The smallest absolute Gasteiger partial charge is 0.254 e. The van der Waals surface area contributed by atoms with Crippen LogP contribution in [0.2, 0.25) is 0 Å². The minimum absolute atomic E-state index is 0.0372. The number of allylic oxidation sites excluding steroid dienone is 1. The maximum absolute atomic E-state index is 14.0. The van der Waals surface area contributed by atoms with Crippen LogP contribution in [0.4, 0.5) is 5.69 Å². The lowest BCUT2D eigenvalue weighted by atomic mass is 9.41. The van der Waals surface area contributed by atoms with Crippen molar-refractivity contribution < 1.29 is 53.7 Å². The van der Waals surface area contributed by atoms with Gasteiger partial charge in [-0.25, -0.2) is 0 Å². The number of methoxy groups -OCH3 is 1. The summed E-state index contributed by atoms with van der Waals surface area (Å²) in [7, 11) is 3.37. The minimum Gasteiger partial charge on any atom is -0.502 e. The highest BCUT2D eigenvalue weighted by atomic mass is 16.5. The highest BCUT2D eigenvalue weighted by Crippen LogP contribution is 2.69. The second-order valence-corrected chi connectivity index (χ2v) is 22.9. The van der Waals surface area contributed by atoms with Crippen molar-refractivity contribution in [3.8, 4) is 45.6 Å². The number of hydrogen-bond acceptors (Lipinski definition) is 14. The second kappa shape index (κ2) is 20.6. The predicted molar refractivity (Wildman–Crippen MR) is 291 cm³/mol. The number of phenolic OH excluding ortho intramolecular Hbond substituents is 1. The molecule has 0 unspecified atom stereocenters. The zero-order chi connectivity index (χ0) is 53.2. The van der Waals surface area contributed by atoms with E-state index in [9.17, 15) is 30.0 Å². The van der Waals surface area contributed by atoms with Gasteiger partial charge in [-0.3, -0.25) is 19.8 Å². The molecular formula is C62H74N4O11. The summed E-state index contributed by atoms with van der Waals surface area (Å²) in [6.07, 6.45) is 16.9. The first-order chi connectivity index (χ1) is 37.5. The third kappa shape index (κ3) is 8.23. The van der Waals surface area contributed by atoms with Crippen molar-refractivity contribution in [2.45, 2.75) is 120 Å². The molecule has 4 aromatic carbocycles. The van der Waals surface area contributed by atoms with Crippen LogP contribution in [0.3, 0.4) is 0 Å². The number of likely N-dealkylation sites (N-methyl/N-ethyl adjacent to an activating group) is 1. The summed E-state index contributed by atoms with van der Waals surface area (Å²) in [5.74, 6) is 0.124. The number of aliphatic hydroxyl groups is 3. The normalized spacial score (nSPS) is 26.3. The van der Waals surface area contributed by atoms with Crippen molar-refractivity contribution in [2.24, 2.45) is 23.2 Å². The Kier molecular flexibility index (Phi) is 13.8. The van der Waals surface area contributed by atoms with Crippen molar-refractivity contribution in [1.29, 1.82) is 0 Å². The molecule has 8 aliphatic rings. The van der Waals surface area contributed by atoms with Gasteiger partial charge in [-0.1, -0.05) is 75.4 Å². The van der Waals surface area contributed by atoms with Gasteiger partial charge in [-0.15, -0.1) is 0 Å². The Morgan fingerprint density at radius 3 is 2.34 bits per heavy atom. The van der Waals surface area contributed by atoms with Crippen molar-refractivity contribution >= 4 is 23.6 Å². The number of aromatic hydroxyl groups is 1. The van der Waals surface area contributed by atoms with Gasteiger partial charge in [0.1, 0.15) is 30.6 Å². The van der Waals surface area contributed by atoms with Crippen molar-refractivity contribution in [2.75, 3.05) is 65.7 Å². The van der Waals surface area contributed by atoms with E-state index < -0.39 is 35.1 Å². The Morgan fingerprint density at radius 1 is 0.831 bits per heavy atom. The summed E-state index contributed by atoms with van der Waals surface area (Å²) >= 11 is 0.